The Kier molecular flexibility index (Phi) is 6.24. The van der Waals surface area contributed by atoms with E-state index in [1.165, 1.54) is 25.3 Å². The highest BCUT2D eigenvalue weighted by Gasteiger charge is 2.48. The number of benzene rings is 1. The van der Waals surface area contributed by atoms with Crippen molar-refractivity contribution in [2.45, 2.75) is 33.1 Å². The van der Waals surface area contributed by atoms with E-state index in [0.717, 1.165) is 0 Å². The van der Waals surface area contributed by atoms with Gasteiger partial charge in [0.15, 0.2) is 5.78 Å². The summed E-state index contributed by atoms with van der Waals surface area (Å²) in [6, 6.07) is 5.96. The average Bonchev–Trinajstić information content (AvgIpc) is 2.72. The van der Waals surface area contributed by atoms with Crippen molar-refractivity contribution in [3.05, 3.63) is 62.5 Å². The molecule has 1 heterocycles. The third-order valence-corrected chi connectivity index (χ3v) is 5.68. The first kappa shape index (κ1) is 22.2. The van der Waals surface area contributed by atoms with Crippen LogP contribution >= 0.6 is 0 Å². The Morgan fingerprint density at radius 2 is 1.97 bits per heavy atom. The minimum Gasteiger partial charge on any atom is -0.468 e. The zero-order chi connectivity index (χ0) is 22.9. The summed E-state index contributed by atoms with van der Waals surface area (Å²) in [6.07, 6.45) is 0.353. The Balaban J connectivity index is 2.27. The Hall–Kier alpha value is -3.49. The molecule has 3 atom stereocenters. The van der Waals surface area contributed by atoms with Crippen LogP contribution in [-0.2, 0) is 23.9 Å². The summed E-state index contributed by atoms with van der Waals surface area (Å²) >= 11 is 0. The Morgan fingerprint density at radius 1 is 1.29 bits per heavy atom. The number of hydrogen-bond donors (Lipinski definition) is 1. The molecule has 9 heteroatoms. The Bertz CT molecular complexity index is 1020. The van der Waals surface area contributed by atoms with E-state index in [1.54, 1.807) is 26.8 Å². The molecule has 0 saturated carbocycles. The van der Waals surface area contributed by atoms with Gasteiger partial charge in [-0.25, -0.2) is 4.79 Å². The van der Waals surface area contributed by atoms with Crippen molar-refractivity contribution in [2.75, 3.05) is 13.7 Å². The van der Waals surface area contributed by atoms with Gasteiger partial charge in [-0.15, -0.1) is 0 Å². The third kappa shape index (κ3) is 3.83. The number of Topliss-reactive ketones (excluding diaryl/α,β-unsaturated/α-hetero) is 1. The molecular formula is C22H24N2O7. The second-order valence-corrected chi connectivity index (χ2v) is 7.57. The third-order valence-electron chi connectivity index (χ3n) is 5.68. The molecule has 0 spiro atoms. The number of nitrogens with zero attached hydrogens (tertiary/aromatic N) is 1. The highest BCUT2D eigenvalue weighted by atomic mass is 16.6. The molecule has 1 N–H and O–H groups in total. The fourth-order valence-corrected chi connectivity index (χ4v) is 4.37. The van der Waals surface area contributed by atoms with Crippen LogP contribution in [0.1, 0.15) is 38.7 Å². The number of carbonyl (C=O) groups excluding carboxylic acids is 3. The summed E-state index contributed by atoms with van der Waals surface area (Å²) in [6.45, 7) is 5.18. The number of esters is 2. The molecule has 0 radical (unpaired) electrons. The van der Waals surface area contributed by atoms with Crippen LogP contribution in [0.2, 0.25) is 0 Å². The first-order chi connectivity index (χ1) is 14.7. The smallest absolute Gasteiger partial charge is 0.336 e. The highest BCUT2D eigenvalue weighted by Crippen LogP contribution is 2.47. The summed E-state index contributed by atoms with van der Waals surface area (Å²) in [5, 5.41) is 14.9. The number of para-hydroxylation sites is 1. The molecule has 164 valence electrons. The number of rotatable bonds is 5. The maximum absolute atomic E-state index is 13.5. The summed E-state index contributed by atoms with van der Waals surface area (Å²) < 4.78 is 10.0. The van der Waals surface area contributed by atoms with E-state index >= 15 is 0 Å². The molecule has 0 aromatic heterocycles. The first-order valence-corrected chi connectivity index (χ1v) is 9.96. The maximum atomic E-state index is 13.5. The SMILES string of the molecule is CCOC(=O)C1=C(C)NC2=C(C(=O)[C@@H](C(=O)OC)[C@H](C)C2)[C@@H]1c1ccccc1[N+](=O)[O-]. The molecule has 3 rings (SSSR count). The zero-order valence-corrected chi connectivity index (χ0v) is 17.8. The quantitative estimate of drug-likeness (QED) is 0.328. The van der Waals surface area contributed by atoms with Gasteiger partial charge in [0.1, 0.15) is 5.92 Å². The fraction of sp³-hybridized carbons (Fsp3) is 0.409. The lowest BCUT2D eigenvalue weighted by atomic mass is 9.69. The number of allylic oxidation sites excluding steroid dienone is 3. The predicted octanol–water partition coefficient (Wildman–Crippen LogP) is 2.77. The maximum Gasteiger partial charge on any atom is 0.336 e. The molecule has 2 aliphatic rings. The van der Waals surface area contributed by atoms with E-state index in [4.69, 9.17) is 9.47 Å². The minimum absolute atomic E-state index is 0.0981. The molecule has 0 unspecified atom stereocenters. The van der Waals surface area contributed by atoms with Gasteiger partial charge in [0.05, 0.1) is 30.1 Å². The number of carbonyl (C=O) groups is 3. The highest BCUT2D eigenvalue weighted by molar-refractivity contribution is 6.12. The van der Waals surface area contributed by atoms with Crippen LogP contribution in [0.5, 0.6) is 0 Å². The predicted molar refractivity (Wildman–Crippen MR) is 110 cm³/mol. The number of ketones is 1. The van der Waals surface area contributed by atoms with Crippen molar-refractivity contribution in [3.63, 3.8) is 0 Å². The molecule has 1 aliphatic heterocycles. The second-order valence-electron chi connectivity index (χ2n) is 7.57. The van der Waals surface area contributed by atoms with Gasteiger partial charge in [-0.2, -0.15) is 0 Å². The lowest BCUT2D eigenvalue weighted by molar-refractivity contribution is -0.385. The molecule has 31 heavy (non-hydrogen) atoms. The molecule has 0 amide bonds. The largest absolute Gasteiger partial charge is 0.468 e. The Morgan fingerprint density at radius 3 is 2.58 bits per heavy atom. The van der Waals surface area contributed by atoms with Crippen molar-refractivity contribution in [2.24, 2.45) is 11.8 Å². The minimum atomic E-state index is -1.06. The van der Waals surface area contributed by atoms with Crippen molar-refractivity contribution >= 4 is 23.4 Å². The molecule has 0 saturated heterocycles. The average molecular weight is 428 g/mol. The van der Waals surface area contributed by atoms with Crippen LogP contribution in [0.4, 0.5) is 5.69 Å². The van der Waals surface area contributed by atoms with Crippen molar-refractivity contribution in [3.8, 4) is 0 Å². The number of dihydropyridines is 1. The fourth-order valence-electron chi connectivity index (χ4n) is 4.37. The van der Waals surface area contributed by atoms with Gasteiger partial charge in [-0.1, -0.05) is 25.1 Å². The zero-order valence-electron chi connectivity index (χ0n) is 17.8. The molecule has 0 bridgehead atoms. The van der Waals surface area contributed by atoms with Gasteiger partial charge in [0.25, 0.3) is 5.69 Å². The monoisotopic (exact) mass is 428 g/mol. The lowest BCUT2D eigenvalue weighted by Gasteiger charge is -2.38. The van der Waals surface area contributed by atoms with Crippen molar-refractivity contribution in [1.82, 2.24) is 5.32 Å². The lowest BCUT2D eigenvalue weighted by Crippen LogP contribution is -2.43. The van der Waals surface area contributed by atoms with Crippen LogP contribution in [0, 0.1) is 22.0 Å². The number of methoxy groups -OCH3 is 1. The summed E-state index contributed by atoms with van der Waals surface area (Å²) in [5.74, 6) is -4.29. The van der Waals surface area contributed by atoms with Crippen LogP contribution < -0.4 is 5.32 Å². The van der Waals surface area contributed by atoms with Crippen LogP contribution in [0.25, 0.3) is 0 Å². The first-order valence-electron chi connectivity index (χ1n) is 9.96. The topological polar surface area (TPSA) is 125 Å². The summed E-state index contributed by atoms with van der Waals surface area (Å²) in [5.41, 5.74) is 1.24. The normalized spacial score (nSPS) is 23.1. The second kappa shape index (κ2) is 8.71. The van der Waals surface area contributed by atoms with Crippen molar-refractivity contribution in [1.29, 1.82) is 0 Å². The van der Waals surface area contributed by atoms with E-state index in [-0.39, 0.29) is 34.9 Å². The van der Waals surface area contributed by atoms with Gasteiger partial charge in [0, 0.05) is 28.6 Å². The van der Waals surface area contributed by atoms with Crippen LogP contribution in [-0.4, -0.2) is 36.4 Å². The van der Waals surface area contributed by atoms with Gasteiger partial charge in [0.2, 0.25) is 0 Å². The molecule has 0 fully saturated rings. The van der Waals surface area contributed by atoms with Gasteiger partial charge in [-0.05, 0) is 26.2 Å². The summed E-state index contributed by atoms with van der Waals surface area (Å²) in [4.78, 5) is 50.0. The number of hydrogen-bond acceptors (Lipinski definition) is 8. The number of nitro groups is 1. The van der Waals surface area contributed by atoms with E-state index in [1.807, 2.05) is 0 Å². The van der Waals surface area contributed by atoms with E-state index in [0.29, 0.717) is 17.8 Å². The van der Waals surface area contributed by atoms with Crippen LogP contribution in [0.15, 0.2) is 46.8 Å². The number of nitro benzene ring substituents is 1. The molecular weight excluding hydrogens is 404 g/mol. The van der Waals surface area contributed by atoms with E-state index < -0.39 is 34.5 Å². The molecule has 9 nitrogen and oxygen atoms in total. The molecule has 1 aromatic carbocycles. The Labute approximate surface area is 179 Å². The standard InChI is InChI=1S/C22H24N2O7/c1-5-31-22(27)17-12(3)23-14-10-11(2)16(21(26)30-4)20(25)19(14)18(17)13-8-6-7-9-15(13)24(28)29/h6-9,11,16,18,23H,5,10H2,1-4H3/t11-,16+,18-/m1/s1. The summed E-state index contributed by atoms with van der Waals surface area (Å²) in [7, 11) is 1.21. The van der Waals surface area contributed by atoms with Crippen LogP contribution in [0.3, 0.4) is 0 Å². The van der Waals surface area contributed by atoms with E-state index in [2.05, 4.69) is 5.32 Å². The molecule has 1 aromatic rings. The molecule has 1 aliphatic carbocycles. The van der Waals surface area contributed by atoms with Gasteiger partial charge < -0.3 is 14.8 Å². The van der Waals surface area contributed by atoms with Crippen molar-refractivity contribution < 1.29 is 28.8 Å². The number of nitrogens with one attached hydrogen (secondary N) is 1. The van der Waals surface area contributed by atoms with Gasteiger partial charge in [-0.3, -0.25) is 19.7 Å². The number of ether oxygens (including phenoxy) is 2. The van der Waals surface area contributed by atoms with E-state index in [9.17, 15) is 24.5 Å². The van der Waals surface area contributed by atoms with Gasteiger partial charge >= 0.3 is 11.9 Å².